The Balaban J connectivity index is 2.46. The van der Waals surface area contributed by atoms with Gasteiger partial charge in [-0.1, -0.05) is 6.07 Å². The molecule has 21 heavy (non-hydrogen) atoms. The van der Waals surface area contributed by atoms with E-state index in [0.717, 1.165) is 5.56 Å². The molecule has 0 aliphatic rings. The number of halogens is 3. The summed E-state index contributed by atoms with van der Waals surface area (Å²) in [5, 5.41) is 3.21. The van der Waals surface area contributed by atoms with Gasteiger partial charge in [-0.05, 0) is 32.4 Å². The molecule has 1 N–H and O–H groups in total. The molecule has 0 fully saturated rings. The van der Waals surface area contributed by atoms with E-state index in [9.17, 15) is 13.2 Å². The van der Waals surface area contributed by atoms with E-state index in [1.807, 2.05) is 19.1 Å². The van der Waals surface area contributed by atoms with E-state index in [1.54, 1.807) is 20.3 Å². The first-order valence-electron chi connectivity index (χ1n) is 6.89. The summed E-state index contributed by atoms with van der Waals surface area (Å²) < 4.78 is 46.5. The third-order valence-corrected chi connectivity index (χ3v) is 3.24. The van der Waals surface area contributed by atoms with Crippen LogP contribution in [0.15, 0.2) is 18.2 Å². The largest absolute Gasteiger partial charge is 0.497 e. The lowest BCUT2D eigenvalue weighted by atomic mass is 10.1. The zero-order chi connectivity index (χ0) is 15.9. The van der Waals surface area contributed by atoms with Gasteiger partial charge in [0.15, 0.2) is 0 Å². The van der Waals surface area contributed by atoms with Crippen LogP contribution in [0.1, 0.15) is 37.8 Å². The van der Waals surface area contributed by atoms with Crippen molar-refractivity contribution in [2.45, 2.75) is 38.4 Å². The van der Waals surface area contributed by atoms with Crippen molar-refractivity contribution < 1.29 is 22.6 Å². The summed E-state index contributed by atoms with van der Waals surface area (Å²) in [6.07, 6.45) is -4.16. The zero-order valence-corrected chi connectivity index (χ0v) is 12.6. The second-order valence-corrected chi connectivity index (χ2v) is 4.86. The summed E-state index contributed by atoms with van der Waals surface area (Å²) in [6.45, 7) is 2.49. The number of hydrogen-bond acceptors (Lipinski definition) is 3. The Labute approximate surface area is 123 Å². The summed E-state index contributed by atoms with van der Waals surface area (Å²) in [7, 11) is 3.16. The van der Waals surface area contributed by atoms with Gasteiger partial charge in [-0.25, -0.2) is 0 Å². The molecule has 6 heteroatoms. The fourth-order valence-electron chi connectivity index (χ4n) is 2.06. The monoisotopic (exact) mass is 305 g/mol. The molecule has 0 saturated carbocycles. The Morgan fingerprint density at radius 2 is 1.86 bits per heavy atom. The van der Waals surface area contributed by atoms with Crippen molar-refractivity contribution in [1.82, 2.24) is 5.32 Å². The van der Waals surface area contributed by atoms with E-state index in [2.05, 4.69) is 5.32 Å². The van der Waals surface area contributed by atoms with Crippen LogP contribution in [-0.4, -0.2) is 26.9 Å². The summed E-state index contributed by atoms with van der Waals surface area (Å²) in [6, 6.07) is 5.51. The minimum Gasteiger partial charge on any atom is -0.497 e. The van der Waals surface area contributed by atoms with Gasteiger partial charge < -0.3 is 14.8 Å². The number of benzene rings is 1. The highest BCUT2D eigenvalue weighted by Crippen LogP contribution is 2.29. The number of nitrogens with one attached hydrogen (secondary N) is 1. The van der Waals surface area contributed by atoms with Crippen LogP contribution in [0.5, 0.6) is 11.5 Å². The van der Waals surface area contributed by atoms with Crippen LogP contribution in [0.3, 0.4) is 0 Å². The van der Waals surface area contributed by atoms with Crippen LogP contribution in [0.4, 0.5) is 13.2 Å². The highest BCUT2D eigenvalue weighted by atomic mass is 19.4. The molecule has 1 aromatic carbocycles. The van der Waals surface area contributed by atoms with Crippen molar-refractivity contribution in [3.63, 3.8) is 0 Å². The Morgan fingerprint density at radius 3 is 2.43 bits per heavy atom. The van der Waals surface area contributed by atoms with Crippen molar-refractivity contribution in [3.8, 4) is 11.5 Å². The second-order valence-electron chi connectivity index (χ2n) is 4.86. The Hall–Kier alpha value is -1.43. The van der Waals surface area contributed by atoms with Gasteiger partial charge >= 0.3 is 6.18 Å². The summed E-state index contributed by atoms with van der Waals surface area (Å²) in [5.74, 6) is 1.40. The third kappa shape index (κ3) is 6.25. The molecule has 0 amide bonds. The number of alkyl halides is 3. The fourth-order valence-corrected chi connectivity index (χ4v) is 2.06. The maximum atomic E-state index is 12.0. The van der Waals surface area contributed by atoms with Crippen molar-refractivity contribution in [2.24, 2.45) is 0 Å². The highest BCUT2D eigenvalue weighted by molar-refractivity contribution is 5.42. The maximum absolute atomic E-state index is 12.0. The van der Waals surface area contributed by atoms with Crippen LogP contribution < -0.4 is 14.8 Å². The van der Waals surface area contributed by atoms with E-state index in [1.165, 1.54) is 0 Å². The van der Waals surface area contributed by atoms with Crippen LogP contribution in [0.2, 0.25) is 0 Å². The minimum atomic E-state index is -4.06. The first kappa shape index (κ1) is 17.6. The quantitative estimate of drug-likeness (QED) is 0.734. The average Bonchev–Trinajstić information content (AvgIpc) is 2.44. The number of ether oxygens (including phenoxy) is 2. The molecule has 0 aliphatic carbocycles. The van der Waals surface area contributed by atoms with Gasteiger partial charge in [0.1, 0.15) is 11.5 Å². The number of rotatable bonds is 8. The normalized spacial score (nSPS) is 13.0. The van der Waals surface area contributed by atoms with E-state index in [0.29, 0.717) is 24.5 Å². The Bertz CT molecular complexity index is 435. The topological polar surface area (TPSA) is 30.5 Å². The van der Waals surface area contributed by atoms with Crippen molar-refractivity contribution in [1.29, 1.82) is 0 Å². The molecule has 3 nitrogen and oxygen atoms in total. The van der Waals surface area contributed by atoms with Crippen LogP contribution in [-0.2, 0) is 0 Å². The molecule has 0 saturated heterocycles. The van der Waals surface area contributed by atoms with Crippen molar-refractivity contribution in [3.05, 3.63) is 23.8 Å². The number of methoxy groups -OCH3 is 2. The molecule has 0 aliphatic heterocycles. The van der Waals surface area contributed by atoms with Crippen molar-refractivity contribution >= 4 is 0 Å². The lowest BCUT2D eigenvalue weighted by Gasteiger charge is -2.18. The molecule has 1 unspecified atom stereocenters. The first-order valence-corrected chi connectivity index (χ1v) is 6.89. The van der Waals surface area contributed by atoms with Gasteiger partial charge in [-0.2, -0.15) is 13.2 Å². The van der Waals surface area contributed by atoms with E-state index in [-0.39, 0.29) is 12.5 Å². The van der Waals surface area contributed by atoms with E-state index < -0.39 is 12.6 Å². The molecular formula is C15H22F3NO2. The third-order valence-electron chi connectivity index (χ3n) is 3.24. The van der Waals surface area contributed by atoms with Crippen LogP contribution in [0.25, 0.3) is 0 Å². The molecule has 1 atom stereocenters. The molecule has 120 valence electrons. The molecule has 0 bridgehead atoms. The van der Waals surface area contributed by atoms with Gasteiger partial charge in [0.25, 0.3) is 0 Å². The zero-order valence-electron chi connectivity index (χ0n) is 12.6. The van der Waals surface area contributed by atoms with Crippen LogP contribution >= 0.6 is 0 Å². The van der Waals surface area contributed by atoms with Gasteiger partial charge in [0.05, 0.1) is 14.2 Å². The number of unbranched alkanes of at least 4 members (excludes halogenated alkanes) is 1. The Morgan fingerprint density at radius 1 is 1.14 bits per heavy atom. The second kappa shape index (κ2) is 8.12. The molecule has 0 radical (unpaired) electrons. The number of hydrogen-bond donors (Lipinski definition) is 1. The predicted octanol–water partition coefficient (Wildman–Crippen LogP) is 4.09. The highest BCUT2D eigenvalue weighted by Gasteiger charge is 2.25. The average molecular weight is 305 g/mol. The molecule has 1 rings (SSSR count). The van der Waals surface area contributed by atoms with E-state index in [4.69, 9.17) is 9.47 Å². The van der Waals surface area contributed by atoms with Gasteiger partial charge in [-0.15, -0.1) is 0 Å². The smallest absolute Gasteiger partial charge is 0.389 e. The maximum Gasteiger partial charge on any atom is 0.389 e. The van der Waals surface area contributed by atoms with Crippen molar-refractivity contribution in [2.75, 3.05) is 20.8 Å². The van der Waals surface area contributed by atoms with Gasteiger partial charge in [0.2, 0.25) is 0 Å². The summed E-state index contributed by atoms with van der Waals surface area (Å²) >= 11 is 0. The standard InChI is InChI=1S/C15H22F3NO2/c1-11(19-9-5-4-8-15(16,17)18)13-7-6-12(20-2)10-14(13)21-3/h6-7,10-11,19H,4-5,8-9H2,1-3H3. The van der Waals surface area contributed by atoms with Crippen LogP contribution in [0, 0.1) is 0 Å². The lowest BCUT2D eigenvalue weighted by molar-refractivity contribution is -0.135. The fraction of sp³-hybridized carbons (Fsp3) is 0.600. The lowest BCUT2D eigenvalue weighted by Crippen LogP contribution is -2.21. The Kier molecular flexibility index (Phi) is 6.81. The molecule has 0 heterocycles. The van der Waals surface area contributed by atoms with E-state index >= 15 is 0 Å². The molecule has 0 spiro atoms. The predicted molar refractivity (Wildman–Crippen MR) is 75.9 cm³/mol. The first-order chi connectivity index (χ1) is 9.87. The molecule has 0 aromatic heterocycles. The minimum absolute atomic E-state index is 0.00302. The summed E-state index contributed by atoms with van der Waals surface area (Å²) in [4.78, 5) is 0. The molecular weight excluding hydrogens is 283 g/mol. The SMILES string of the molecule is COc1ccc(C(C)NCCCCC(F)(F)F)c(OC)c1. The van der Waals surface area contributed by atoms with Gasteiger partial charge in [0, 0.05) is 24.1 Å². The molecule has 1 aromatic rings. The van der Waals surface area contributed by atoms with Gasteiger partial charge in [-0.3, -0.25) is 0 Å². The summed E-state index contributed by atoms with van der Waals surface area (Å²) in [5.41, 5.74) is 0.953.